The maximum absolute atomic E-state index is 12.7. The Morgan fingerprint density at radius 1 is 1.42 bits per heavy atom. The summed E-state index contributed by atoms with van der Waals surface area (Å²) < 4.78 is 4.82. The molecule has 140 valence electrons. The number of hydrogen-bond donors (Lipinski definition) is 2. The molecule has 1 aliphatic rings. The predicted octanol–water partition coefficient (Wildman–Crippen LogP) is 3.32. The van der Waals surface area contributed by atoms with E-state index in [2.05, 4.69) is 17.2 Å². The van der Waals surface area contributed by atoms with Crippen LogP contribution in [0.15, 0.2) is 18.2 Å². The third kappa shape index (κ3) is 3.90. The summed E-state index contributed by atoms with van der Waals surface area (Å²) in [6.07, 6.45) is 5.83. The SMILES string of the molecule is COC(=O)[C@H](CCSC)NC(=O)c1ccc2[nH]c3c(c2c1)C[C@@H](C)CC3. The quantitative estimate of drug-likeness (QED) is 0.761. The average molecular weight is 375 g/mol. The molecule has 1 aromatic heterocycles. The molecule has 0 unspecified atom stereocenters. The first-order valence-corrected chi connectivity index (χ1v) is 10.4. The Kier molecular flexibility index (Phi) is 5.91. The number of fused-ring (bicyclic) bond motifs is 3. The lowest BCUT2D eigenvalue weighted by Gasteiger charge is -2.18. The summed E-state index contributed by atoms with van der Waals surface area (Å²) in [5.41, 5.74) is 4.28. The zero-order valence-corrected chi connectivity index (χ0v) is 16.4. The van der Waals surface area contributed by atoms with Gasteiger partial charge in [0, 0.05) is 22.2 Å². The van der Waals surface area contributed by atoms with Crippen LogP contribution in [0.3, 0.4) is 0 Å². The minimum absolute atomic E-state index is 0.234. The largest absolute Gasteiger partial charge is 0.467 e. The fourth-order valence-corrected chi connectivity index (χ4v) is 4.07. The zero-order valence-electron chi connectivity index (χ0n) is 15.6. The van der Waals surface area contributed by atoms with Crippen LogP contribution in [0.5, 0.6) is 0 Å². The molecule has 6 heteroatoms. The van der Waals surface area contributed by atoms with Crippen LogP contribution < -0.4 is 5.32 Å². The molecule has 3 rings (SSSR count). The van der Waals surface area contributed by atoms with Crippen molar-refractivity contribution in [1.82, 2.24) is 10.3 Å². The third-order valence-corrected chi connectivity index (χ3v) is 5.74. The number of nitrogens with one attached hydrogen (secondary N) is 2. The minimum Gasteiger partial charge on any atom is -0.467 e. The Hall–Kier alpha value is -1.95. The van der Waals surface area contributed by atoms with E-state index in [1.165, 1.54) is 24.8 Å². The Labute approximate surface area is 158 Å². The van der Waals surface area contributed by atoms with Crippen molar-refractivity contribution in [2.24, 2.45) is 5.92 Å². The Morgan fingerprint density at radius 2 is 2.23 bits per heavy atom. The van der Waals surface area contributed by atoms with Gasteiger partial charge in [-0.25, -0.2) is 4.79 Å². The van der Waals surface area contributed by atoms with Crippen LogP contribution in [0.25, 0.3) is 10.9 Å². The molecule has 2 aromatic rings. The molecule has 1 aliphatic carbocycles. The van der Waals surface area contributed by atoms with Crippen molar-refractivity contribution in [3.05, 3.63) is 35.0 Å². The van der Waals surface area contributed by atoms with Crippen LogP contribution in [0.4, 0.5) is 0 Å². The van der Waals surface area contributed by atoms with Gasteiger partial charge in [-0.2, -0.15) is 11.8 Å². The fourth-order valence-electron chi connectivity index (χ4n) is 3.60. The highest BCUT2D eigenvalue weighted by atomic mass is 32.2. The molecule has 5 nitrogen and oxygen atoms in total. The highest BCUT2D eigenvalue weighted by Crippen LogP contribution is 2.32. The molecular weight excluding hydrogens is 348 g/mol. The Bertz CT molecular complexity index is 815. The molecule has 0 saturated carbocycles. The van der Waals surface area contributed by atoms with E-state index in [9.17, 15) is 9.59 Å². The first-order chi connectivity index (χ1) is 12.5. The highest BCUT2D eigenvalue weighted by molar-refractivity contribution is 7.98. The molecule has 1 aromatic carbocycles. The molecule has 1 heterocycles. The Balaban J connectivity index is 1.83. The second-order valence-electron chi connectivity index (χ2n) is 7.02. The van der Waals surface area contributed by atoms with Gasteiger partial charge in [0.05, 0.1) is 7.11 Å². The van der Waals surface area contributed by atoms with E-state index in [1.807, 2.05) is 24.5 Å². The van der Waals surface area contributed by atoms with Crippen molar-refractivity contribution >= 4 is 34.5 Å². The van der Waals surface area contributed by atoms with Gasteiger partial charge in [-0.05, 0) is 67.4 Å². The van der Waals surface area contributed by atoms with Crippen LogP contribution in [-0.2, 0) is 22.4 Å². The van der Waals surface area contributed by atoms with Gasteiger partial charge in [-0.15, -0.1) is 0 Å². The number of carbonyl (C=O) groups excluding carboxylic acids is 2. The summed E-state index contributed by atoms with van der Waals surface area (Å²) >= 11 is 1.64. The van der Waals surface area contributed by atoms with Crippen molar-refractivity contribution in [3.63, 3.8) is 0 Å². The molecule has 1 amide bonds. The number of benzene rings is 1. The van der Waals surface area contributed by atoms with Crippen molar-refractivity contribution in [3.8, 4) is 0 Å². The van der Waals surface area contributed by atoms with Gasteiger partial charge >= 0.3 is 5.97 Å². The monoisotopic (exact) mass is 374 g/mol. The van der Waals surface area contributed by atoms with Gasteiger partial charge in [0.15, 0.2) is 0 Å². The fraction of sp³-hybridized carbons (Fsp3) is 0.500. The number of ether oxygens (including phenoxy) is 1. The summed E-state index contributed by atoms with van der Waals surface area (Å²) in [6, 6.07) is 5.10. The molecule has 0 radical (unpaired) electrons. The minimum atomic E-state index is -0.615. The molecule has 0 bridgehead atoms. The van der Waals surface area contributed by atoms with E-state index < -0.39 is 12.0 Å². The Morgan fingerprint density at radius 3 is 2.96 bits per heavy atom. The smallest absolute Gasteiger partial charge is 0.328 e. The molecular formula is C20H26N2O3S. The number of esters is 1. The predicted molar refractivity (Wildman–Crippen MR) is 106 cm³/mol. The van der Waals surface area contributed by atoms with Gasteiger partial charge in [-0.3, -0.25) is 4.79 Å². The lowest BCUT2D eigenvalue weighted by molar-refractivity contribution is -0.142. The van der Waals surface area contributed by atoms with Crippen LogP contribution in [0.2, 0.25) is 0 Å². The maximum Gasteiger partial charge on any atom is 0.328 e. The van der Waals surface area contributed by atoms with Gasteiger partial charge in [0.25, 0.3) is 5.91 Å². The normalized spacial score (nSPS) is 17.6. The molecule has 2 N–H and O–H groups in total. The van der Waals surface area contributed by atoms with E-state index in [4.69, 9.17) is 4.74 Å². The second-order valence-corrected chi connectivity index (χ2v) is 8.01. The molecule has 0 fully saturated rings. The van der Waals surface area contributed by atoms with E-state index in [0.29, 0.717) is 17.9 Å². The first kappa shape index (κ1) is 18.8. The standard InChI is InChI=1S/C20H26N2O3S/c1-12-4-6-16-14(10-12)15-11-13(5-7-17(15)21-16)19(23)22-18(8-9-26-3)20(24)25-2/h5,7,11-12,18,21H,4,6,8-10H2,1-3H3,(H,22,23)/t12-,18-/m0/s1. The number of H-pyrrole nitrogens is 1. The molecule has 0 spiro atoms. The van der Waals surface area contributed by atoms with E-state index in [0.717, 1.165) is 29.5 Å². The van der Waals surface area contributed by atoms with Crippen molar-refractivity contribution in [1.29, 1.82) is 0 Å². The summed E-state index contributed by atoms with van der Waals surface area (Å²) in [4.78, 5) is 28.1. The van der Waals surface area contributed by atoms with Crippen molar-refractivity contribution in [2.75, 3.05) is 19.1 Å². The van der Waals surface area contributed by atoms with Crippen LogP contribution in [0.1, 0.15) is 41.4 Å². The molecule has 26 heavy (non-hydrogen) atoms. The van der Waals surface area contributed by atoms with E-state index >= 15 is 0 Å². The second kappa shape index (κ2) is 8.16. The summed E-state index contributed by atoms with van der Waals surface area (Å²) in [6.45, 7) is 2.27. The summed E-state index contributed by atoms with van der Waals surface area (Å²) in [5, 5.41) is 3.95. The van der Waals surface area contributed by atoms with Crippen molar-refractivity contribution < 1.29 is 14.3 Å². The van der Waals surface area contributed by atoms with Gasteiger partial charge < -0.3 is 15.0 Å². The van der Waals surface area contributed by atoms with Gasteiger partial charge in [0.1, 0.15) is 6.04 Å². The maximum atomic E-state index is 12.7. The molecule has 0 saturated heterocycles. The molecule has 0 aliphatic heterocycles. The topological polar surface area (TPSA) is 71.2 Å². The van der Waals surface area contributed by atoms with Gasteiger partial charge in [0.2, 0.25) is 0 Å². The number of aryl methyl sites for hydroxylation is 1. The number of hydrogen-bond acceptors (Lipinski definition) is 4. The number of carbonyl (C=O) groups is 2. The number of rotatable bonds is 6. The van der Waals surface area contributed by atoms with Crippen LogP contribution in [0, 0.1) is 5.92 Å². The lowest BCUT2D eigenvalue weighted by Crippen LogP contribution is -2.41. The zero-order chi connectivity index (χ0) is 18.7. The van der Waals surface area contributed by atoms with Crippen LogP contribution >= 0.6 is 11.8 Å². The summed E-state index contributed by atoms with van der Waals surface area (Å²) in [7, 11) is 1.35. The number of thioether (sulfide) groups is 1. The van der Waals surface area contributed by atoms with Gasteiger partial charge in [-0.1, -0.05) is 6.92 Å². The first-order valence-electron chi connectivity index (χ1n) is 9.04. The average Bonchev–Trinajstić information content (AvgIpc) is 3.01. The van der Waals surface area contributed by atoms with Crippen LogP contribution in [-0.4, -0.2) is 42.0 Å². The number of aromatic nitrogens is 1. The van der Waals surface area contributed by atoms with E-state index in [1.54, 1.807) is 11.8 Å². The summed E-state index contributed by atoms with van der Waals surface area (Å²) in [5.74, 6) is 0.806. The third-order valence-electron chi connectivity index (χ3n) is 5.10. The highest BCUT2D eigenvalue weighted by Gasteiger charge is 2.23. The lowest BCUT2D eigenvalue weighted by atomic mass is 9.87. The number of amides is 1. The number of methoxy groups -OCH3 is 1. The van der Waals surface area contributed by atoms with E-state index in [-0.39, 0.29) is 5.91 Å². The molecule has 2 atom stereocenters. The van der Waals surface area contributed by atoms with Crippen molar-refractivity contribution in [2.45, 2.75) is 38.6 Å². The number of aromatic amines is 1.